The summed E-state index contributed by atoms with van der Waals surface area (Å²) in [5.41, 5.74) is 6.58. The van der Waals surface area contributed by atoms with Crippen LogP contribution in [0.4, 0.5) is 11.6 Å². The van der Waals surface area contributed by atoms with Crippen LogP contribution in [0, 0.1) is 27.7 Å². The van der Waals surface area contributed by atoms with Gasteiger partial charge in [0.2, 0.25) is 0 Å². The Kier molecular flexibility index (Phi) is 5.37. The van der Waals surface area contributed by atoms with Crippen molar-refractivity contribution < 1.29 is 4.74 Å². The maximum Gasteiger partial charge on any atom is 0.165 e. The van der Waals surface area contributed by atoms with Crippen LogP contribution in [0.2, 0.25) is 0 Å². The molecule has 0 aliphatic rings. The molecule has 4 heterocycles. The molecule has 8 heteroatoms. The Hall–Kier alpha value is -4.72. The van der Waals surface area contributed by atoms with Gasteiger partial charge in [-0.05, 0) is 69.2 Å². The van der Waals surface area contributed by atoms with E-state index in [2.05, 4.69) is 25.2 Å². The van der Waals surface area contributed by atoms with Crippen molar-refractivity contribution in [1.29, 1.82) is 0 Å². The quantitative estimate of drug-likeness (QED) is 0.313. The van der Waals surface area contributed by atoms with Gasteiger partial charge in [-0.1, -0.05) is 30.3 Å². The third-order valence-corrected chi connectivity index (χ3v) is 6.53. The Morgan fingerprint density at radius 2 is 1.59 bits per heavy atom. The summed E-state index contributed by atoms with van der Waals surface area (Å²) < 4.78 is 9.29. The molecule has 0 saturated carbocycles. The number of anilines is 2. The van der Waals surface area contributed by atoms with Crippen LogP contribution in [-0.4, -0.2) is 36.6 Å². The molecule has 0 bridgehead atoms. The zero-order valence-corrected chi connectivity index (χ0v) is 21.4. The molecule has 184 valence electrons. The summed E-state index contributed by atoms with van der Waals surface area (Å²) in [5.74, 6) is 2.91. The van der Waals surface area contributed by atoms with Gasteiger partial charge in [-0.2, -0.15) is 14.9 Å². The van der Waals surface area contributed by atoms with Crippen LogP contribution in [0.1, 0.15) is 22.5 Å². The van der Waals surface area contributed by atoms with Crippen molar-refractivity contribution in [3.8, 4) is 17.3 Å². The molecule has 1 N–H and O–H groups in total. The number of methoxy groups -OCH3 is 1. The molecule has 6 aromatic rings. The van der Waals surface area contributed by atoms with Gasteiger partial charge in [-0.3, -0.25) is 0 Å². The number of benzene rings is 2. The van der Waals surface area contributed by atoms with Crippen molar-refractivity contribution in [2.75, 3.05) is 12.4 Å². The molecule has 6 rings (SSSR count). The lowest BCUT2D eigenvalue weighted by molar-refractivity contribution is 0.419. The van der Waals surface area contributed by atoms with Crippen molar-refractivity contribution in [1.82, 2.24) is 29.5 Å². The topological polar surface area (TPSA) is 82.7 Å². The van der Waals surface area contributed by atoms with Gasteiger partial charge in [0.15, 0.2) is 11.5 Å². The van der Waals surface area contributed by atoms with Gasteiger partial charge < -0.3 is 10.1 Å². The third kappa shape index (κ3) is 3.87. The fourth-order valence-electron chi connectivity index (χ4n) is 4.86. The van der Waals surface area contributed by atoms with E-state index in [-0.39, 0.29) is 0 Å². The first-order valence-corrected chi connectivity index (χ1v) is 12.1. The Morgan fingerprint density at radius 3 is 2.38 bits per heavy atom. The molecule has 2 aromatic carbocycles. The van der Waals surface area contributed by atoms with Crippen LogP contribution in [0.25, 0.3) is 33.4 Å². The molecule has 0 unspecified atom stereocenters. The Balaban J connectivity index is 1.47. The van der Waals surface area contributed by atoms with Crippen LogP contribution < -0.4 is 10.1 Å². The Bertz CT molecular complexity index is 1780. The minimum absolute atomic E-state index is 0.702. The van der Waals surface area contributed by atoms with Crippen LogP contribution in [-0.2, 0) is 0 Å². The minimum Gasteiger partial charge on any atom is -0.494 e. The number of aryl methyl sites for hydroxylation is 4. The average Bonchev–Trinajstić information content (AvgIpc) is 3.43. The second-order valence-electron chi connectivity index (χ2n) is 9.22. The van der Waals surface area contributed by atoms with Gasteiger partial charge in [0, 0.05) is 16.8 Å². The summed E-state index contributed by atoms with van der Waals surface area (Å²) in [6.45, 7) is 8.14. The zero-order valence-electron chi connectivity index (χ0n) is 21.4. The Morgan fingerprint density at radius 1 is 0.784 bits per heavy atom. The van der Waals surface area contributed by atoms with Gasteiger partial charge in [-0.25, -0.2) is 14.6 Å². The highest BCUT2D eigenvalue weighted by Gasteiger charge is 2.17. The largest absolute Gasteiger partial charge is 0.494 e. The lowest BCUT2D eigenvalue weighted by atomic mass is 10.1. The summed E-state index contributed by atoms with van der Waals surface area (Å²) >= 11 is 0. The summed E-state index contributed by atoms with van der Waals surface area (Å²) in [5, 5.41) is 15.1. The molecule has 0 saturated heterocycles. The molecule has 8 nitrogen and oxygen atoms in total. The maximum absolute atomic E-state index is 5.58. The van der Waals surface area contributed by atoms with E-state index < -0.39 is 0 Å². The maximum atomic E-state index is 5.58. The fourth-order valence-corrected chi connectivity index (χ4v) is 4.86. The van der Waals surface area contributed by atoms with E-state index in [0.29, 0.717) is 11.6 Å². The number of hydrogen-bond donors (Lipinski definition) is 1. The van der Waals surface area contributed by atoms with E-state index >= 15 is 0 Å². The van der Waals surface area contributed by atoms with E-state index in [0.717, 1.165) is 61.7 Å². The van der Waals surface area contributed by atoms with Crippen molar-refractivity contribution >= 4 is 33.6 Å². The third-order valence-electron chi connectivity index (χ3n) is 6.53. The van der Waals surface area contributed by atoms with E-state index in [1.807, 2.05) is 83.9 Å². The van der Waals surface area contributed by atoms with Crippen LogP contribution >= 0.6 is 0 Å². The number of ether oxygens (including phenoxy) is 1. The normalized spacial score (nSPS) is 11.4. The molecule has 37 heavy (non-hydrogen) atoms. The number of aromatic nitrogens is 6. The van der Waals surface area contributed by atoms with E-state index in [4.69, 9.17) is 24.9 Å². The first-order chi connectivity index (χ1) is 17.9. The lowest BCUT2D eigenvalue weighted by Crippen LogP contribution is -2.07. The molecule has 0 aliphatic carbocycles. The smallest absolute Gasteiger partial charge is 0.165 e. The molecule has 0 atom stereocenters. The van der Waals surface area contributed by atoms with Crippen LogP contribution in [0.3, 0.4) is 0 Å². The number of hydrogen-bond acceptors (Lipinski definition) is 6. The molecule has 4 aromatic heterocycles. The molecular weight excluding hydrogens is 462 g/mol. The Labute approximate surface area is 214 Å². The molecule has 0 spiro atoms. The number of para-hydroxylation sites is 2. The average molecular weight is 490 g/mol. The van der Waals surface area contributed by atoms with Crippen molar-refractivity contribution in [2.24, 2.45) is 0 Å². The second-order valence-corrected chi connectivity index (χ2v) is 9.22. The van der Waals surface area contributed by atoms with Crippen molar-refractivity contribution in [2.45, 2.75) is 27.7 Å². The molecule has 0 amide bonds. The standard InChI is InChI=1S/C29H27N7O/c1-17-15-25(32-28-22(17)12-9-13-23(28)37-5)36-26(16-19(3)33-36)30-24-14-18(2)27-20(4)34-35(29(27)31-24)21-10-7-6-8-11-21/h6-16H,1-5H3,(H,30,31). The lowest BCUT2D eigenvalue weighted by Gasteiger charge is -2.13. The van der Waals surface area contributed by atoms with Gasteiger partial charge >= 0.3 is 0 Å². The summed E-state index contributed by atoms with van der Waals surface area (Å²) in [7, 11) is 1.66. The fraction of sp³-hybridized carbons (Fsp3) is 0.172. The molecular formula is C29H27N7O. The van der Waals surface area contributed by atoms with Gasteiger partial charge in [0.05, 0.1) is 24.2 Å². The first-order valence-electron chi connectivity index (χ1n) is 12.1. The van der Waals surface area contributed by atoms with Crippen molar-refractivity contribution in [3.05, 3.63) is 89.2 Å². The second kappa shape index (κ2) is 8.74. The molecule has 0 aliphatic heterocycles. The summed E-state index contributed by atoms with van der Waals surface area (Å²) in [6, 6.07) is 22.1. The van der Waals surface area contributed by atoms with Crippen molar-refractivity contribution in [3.63, 3.8) is 0 Å². The molecule has 0 fully saturated rings. The highest BCUT2D eigenvalue weighted by atomic mass is 16.5. The minimum atomic E-state index is 0.702. The zero-order chi connectivity index (χ0) is 25.7. The predicted molar refractivity (Wildman–Crippen MR) is 147 cm³/mol. The van der Waals surface area contributed by atoms with Crippen LogP contribution in [0.5, 0.6) is 5.75 Å². The summed E-state index contributed by atoms with van der Waals surface area (Å²) in [6.07, 6.45) is 0. The highest BCUT2D eigenvalue weighted by molar-refractivity contribution is 5.88. The predicted octanol–water partition coefficient (Wildman–Crippen LogP) is 6.14. The van der Waals surface area contributed by atoms with E-state index in [1.165, 1.54) is 0 Å². The number of fused-ring (bicyclic) bond motifs is 2. The van der Waals surface area contributed by atoms with Gasteiger partial charge in [-0.15, -0.1) is 0 Å². The van der Waals surface area contributed by atoms with Gasteiger partial charge in [0.1, 0.15) is 22.9 Å². The van der Waals surface area contributed by atoms with E-state index in [9.17, 15) is 0 Å². The summed E-state index contributed by atoms with van der Waals surface area (Å²) in [4.78, 5) is 9.89. The van der Waals surface area contributed by atoms with E-state index in [1.54, 1.807) is 7.11 Å². The number of nitrogens with one attached hydrogen (secondary N) is 1. The number of rotatable bonds is 5. The molecule has 0 radical (unpaired) electrons. The highest BCUT2D eigenvalue weighted by Crippen LogP contribution is 2.30. The first kappa shape index (κ1) is 22.7. The SMILES string of the molecule is COc1cccc2c(C)cc(-n3nc(C)cc3Nc3cc(C)c4c(C)nn(-c5ccccc5)c4n3)nc12. The monoisotopic (exact) mass is 489 g/mol. The number of pyridine rings is 2. The van der Waals surface area contributed by atoms with Crippen LogP contribution in [0.15, 0.2) is 66.7 Å². The number of nitrogens with zero attached hydrogens (tertiary/aromatic N) is 6. The van der Waals surface area contributed by atoms with Gasteiger partial charge in [0.25, 0.3) is 0 Å².